The van der Waals surface area contributed by atoms with Crippen LogP contribution in [0.5, 0.6) is 0 Å². The Bertz CT molecular complexity index is 949. The van der Waals surface area contributed by atoms with Crippen LogP contribution in [-0.4, -0.2) is 0 Å². The van der Waals surface area contributed by atoms with Crippen LogP contribution in [0.25, 0.3) is 0 Å². The third-order valence-corrected chi connectivity index (χ3v) is 6.88. The number of anilines is 3. The highest BCUT2D eigenvalue weighted by atomic mass is 31.1. The molecule has 0 saturated heterocycles. The Kier molecular flexibility index (Phi) is 5.18. The molecule has 3 heteroatoms. The molecule has 132 valence electrons. The number of benzene rings is 4. The zero-order chi connectivity index (χ0) is 18.5. The molecule has 0 heterocycles. The summed E-state index contributed by atoms with van der Waals surface area (Å²) in [5.41, 5.74) is 9.57. The summed E-state index contributed by atoms with van der Waals surface area (Å²) in [7, 11) is -0.879. The fourth-order valence-electron chi connectivity index (χ4n) is 3.13. The van der Waals surface area contributed by atoms with Gasteiger partial charge in [0.1, 0.15) is 0 Å². The van der Waals surface area contributed by atoms with Crippen molar-refractivity contribution in [2.75, 3.05) is 10.4 Å². The molecule has 0 spiro atoms. The molecule has 4 rings (SSSR count). The Morgan fingerprint density at radius 1 is 0.519 bits per heavy atom. The molecule has 0 bridgehead atoms. The van der Waals surface area contributed by atoms with Crippen LogP contribution in [0.3, 0.4) is 0 Å². The number of hydrogen-bond acceptors (Lipinski definition) is 2. The molecule has 0 aromatic heterocycles. The molecule has 0 fully saturated rings. The van der Waals surface area contributed by atoms with Crippen LogP contribution in [0.2, 0.25) is 0 Å². The van der Waals surface area contributed by atoms with Gasteiger partial charge in [-0.05, 0) is 30.3 Å². The quantitative estimate of drug-likeness (QED) is 0.375. The standard InChI is InChI=1S/C24H21N2P/c25-23-18-10-11-19-24(23)27(22-16-8-3-9-17-22)26(20-12-4-1-5-13-20)21-14-6-2-7-15-21/h1-19H,25H2. The van der Waals surface area contributed by atoms with Gasteiger partial charge in [-0.1, -0.05) is 84.9 Å². The van der Waals surface area contributed by atoms with Gasteiger partial charge in [-0.2, -0.15) is 0 Å². The Labute approximate surface area is 161 Å². The summed E-state index contributed by atoms with van der Waals surface area (Å²) in [5.74, 6) is 0. The van der Waals surface area contributed by atoms with Crippen LogP contribution in [0, 0.1) is 0 Å². The maximum Gasteiger partial charge on any atom is 0.0619 e. The van der Waals surface area contributed by atoms with Crippen molar-refractivity contribution in [1.82, 2.24) is 0 Å². The number of rotatable bonds is 5. The van der Waals surface area contributed by atoms with Crippen molar-refractivity contribution in [3.63, 3.8) is 0 Å². The zero-order valence-corrected chi connectivity index (χ0v) is 15.8. The van der Waals surface area contributed by atoms with E-state index in [4.69, 9.17) is 5.73 Å². The Balaban J connectivity index is 1.96. The van der Waals surface area contributed by atoms with Gasteiger partial charge in [0.15, 0.2) is 0 Å². The number of nitrogens with zero attached hydrogens (tertiary/aromatic N) is 1. The molecular formula is C24H21N2P. The minimum atomic E-state index is -0.879. The summed E-state index contributed by atoms with van der Waals surface area (Å²) in [6, 6.07) is 39.9. The van der Waals surface area contributed by atoms with Crippen molar-refractivity contribution in [2.45, 2.75) is 0 Å². The van der Waals surface area contributed by atoms with E-state index in [0.29, 0.717) is 0 Å². The summed E-state index contributed by atoms with van der Waals surface area (Å²) in [6.07, 6.45) is 0. The molecule has 27 heavy (non-hydrogen) atoms. The van der Waals surface area contributed by atoms with Crippen molar-refractivity contribution >= 4 is 35.7 Å². The second-order valence-corrected chi connectivity index (χ2v) is 8.21. The highest BCUT2D eigenvalue weighted by molar-refractivity contribution is 7.75. The molecule has 2 nitrogen and oxygen atoms in total. The third-order valence-electron chi connectivity index (χ3n) is 4.37. The van der Waals surface area contributed by atoms with Gasteiger partial charge in [0.05, 0.1) is 8.07 Å². The predicted molar refractivity (Wildman–Crippen MR) is 119 cm³/mol. The second-order valence-electron chi connectivity index (χ2n) is 6.19. The van der Waals surface area contributed by atoms with Gasteiger partial charge in [0, 0.05) is 27.7 Å². The number of hydrogen-bond donors (Lipinski definition) is 1. The molecule has 0 saturated carbocycles. The maximum absolute atomic E-state index is 6.44. The van der Waals surface area contributed by atoms with E-state index in [1.54, 1.807) is 0 Å². The maximum atomic E-state index is 6.44. The van der Waals surface area contributed by atoms with E-state index in [1.165, 1.54) is 5.30 Å². The first kappa shape index (κ1) is 17.3. The smallest absolute Gasteiger partial charge is 0.0619 e. The van der Waals surface area contributed by atoms with Crippen LogP contribution < -0.4 is 21.0 Å². The van der Waals surface area contributed by atoms with E-state index in [-0.39, 0.29) is 0 Å². The lowest BCUT2D eigenvalue weighted by atomic mass is 10.3. The summed E-state index contributed by atoms with van der Waals surface area (Å²) >= 11 is 0. The van der Waals surface area contributed by atoms with Crippen LogP contribution in [0.1, 0.15) is 0 Å². The van der Waals surface area contributed by atoms with Crippen molar-refractivity contribution in [3.8, 4) is 0 Å². The molecule has 0 radical (unpaired) electrons. The first-order chi connectivity index (χ1) is 13.3. The molecule has 0 aliphatic carbocycles. The van der Waals surface area contributed by atoms with Crippen molar-refractivity contribution < 1.29 is 0 Å². The molecular weight excluding hydrogens is 347 g/mol. The van der Waals surface area contributed by atoms with Crippen molar-refractivity contribution in [1.29, 1.82) is 0 Å². The van der Waals surface area contributed by atoms with E-state index in [9.17, 15) is 0 Å². The molecule has 4 aromatic carbocycles. The zero-order valence-electron chi connectivity index (χ0n) is 14.9. The van der Waals surface area contributed by atoms with Crippen LogP contribution in [0.4, 0.5) is 17.1 Å². The van der Waals surface area contributed by atoms with E-state index in [1.807, 2.05) is 24.3 Å². The van der Waals surface area contributed by atoms with Crippen LogP contribution in [0.15, 0.2) is 115 Å². The third kappa shape index (κ3) is 3.72. The fraction of sp³-hybridized carbons (Fsp3) is 0. The Morgan fingerprint density at radius 3 is 1.48 bits per heavy atom. The molecule has 4 aromatic rings. The monoisotopic (exact) mass is 368 g/mol. The largest absolute Gasteiger partial charge is 0.398 e. The summed E-state index contributed by atoms with van der Waals surface area (Å²) in [4.78, 5) is 0. The first-order valence-electron chi connectivity index (χ1n) is 8.94. The minimum absolute atomic E-state index is 0.823. The van der Waals surface area contributed by atoms with Gasteiger partial charge in [-0.3, -0.25) is 0 Å². The number of para-hydroxylation sites is 3. The average molecular weight is 368 g/mol. The molecule has 0 aliphatic heterocycles. The summed E-state index contributed by atoms with van der Waals surface area (Å²) in [6.45, 7) is 0. The number of nitrogen functional groups attached to an aromatic ring is 1. The number of nitrogens with two attached hydrogens (primary N) is 1. The minimum Gasteiger partial charge on any atom is -0.398 e. The van der Waals surface area contributed by atoms with Gasteiger partial charge in [-0.25, -0.2) is 0 Å². The van der Waals surface area contributed by atoms with Crippen LogP contribution in [-0.2, 0) is 0 Å². The summed E-state index contributed by atoms with van der Waals surface area (Å²) < 4.78 is 2.41. The van der Waals surface area contributed by atoms with E-state index < -0.39 is 8.07 Å². The highest BCUT2D eigenvalue weighted by Gasteiger charge is 2.26. The lowest BCUT2D eigenvalue weighted by Crippen LogP contribution is -2.26. The van der Waals surface area contributed by atoms with Gasteiger partial charge >= 0.3 is 0 Å². The molecule has 0 amide bonds. The molecule has 1 atom stereocenters. The topological polar surface area (TPSA) is 29.3 Å². The van der Waals surface area contributed by atoms with Gasteiger partial charge in [-0.15, -0.1) is 0 Å². The average Bonchev–Trinajstić information content (AvgIpc) is 2.74. The summed E-state index contributed by atoms with van der Waals surface area (Å²) in [5, 5.41) is 2.42. The van der Waals surface area contributed by atoms with E-state index in [2.05, 4.69) is 95.7 Å². The van der Waals surface area contributed by atoms with Crippen molar-refractivity contribution in [2.24, 2.45) is 0 Å². The Hall–Kier alpha value is -3.09. The lowest BCUT2D eigenvalue weighted by molar-refractivity contribution is 1.41. The van der Waals surface area contributed by atoms with Gasteiger partial charge in [0.2, 0.25) is 0 Å². The molecule has 1 unspecified atom stereocenters. The van der Waals surface area contributed by atoms with Crippen LogP contribution >= 0.6 is 8.07 Å². The van der Waals surface area contributed by atoms with Gasteiger partial charge in [0.25, 0.3) is 0 Å². The van der Waals surface area contributed by atoms with E-state index in [0.717, 1.165) is 22.4 Å². The molecule has 2 N–H and O–H groups in total. The van der Waals surface area contributed by atoms with Crippen molar-refractivity contribution in [3.05, 3.63) is 115 Å². The van der Waals surface area contributed by atoms with E-state index >= 15 is 0 Å². The second kappa shape index (κ2) is 8.07. The van der Waals surface area contributed by atoms with Gasteiger partial charge < -0.3 is 10.4 Å². The normalized spacial score (nSPS) is 11.7. The lowest BCUT2D eigenvalue weighted by Gasteiger charge is -2.35. The fourth-order valence-corrected chi connectivity index (χ4v) is 5.58. The molecule has 0 aliphatic rings. The first-order valence-corrected chi connectivity index (χ1v) is 10.2. The highest BCUT2D eigenvalue weighted by Crippen LogP contribution is 2.48. The SMILES string of the molecule is Nc1ccccc1P(c1ccccc1)N(c1ccccc1)c1ccccc1. The Morgan fingerprint density at radius 2 is 0.963 bits per heavy atom. The predicted octanol–water partition coefficient (Wildman–Crippen LogP) is 5.45.